The number of nitrogens with zero attached hydrogens (tertiary/aromatic N) is 2. The zero-order chi connectivity index (χ0) is 18.6. The SMILES string of the molecule is NC(=O)c1c(O)nc(SCc2cccc(F)c2F)nc1N[C@H](O)CO. The largest absolute Gasteiger partial charge is 0.493 e. The Labute approximate surface area is 144 Å². The van der Waals surface area contributed by atoms with Crippen molar-refractivity contribution in [2.24, 2.45) is 5.73 Å². The van der Waals surface area contributed by atoms with E-state index >= 15 is 0 Å². The summed E-state index contributed by atoms with van der Waals surface area (Å²) in [5.41, 5.74) is 4.70. The van der Waals surface area contributed by atoms with Gasteiger partial charge in [0.2, 0.25) is 5.88 Å². The van der Waals surface area contributed by atoms with Crippen LogP contribution in [-0.2, 0) is 5.75 Å². The minimum atomic E-state index is -1.47. The van der Waals surface area contributed by atoms with Crippen LogP contribution in [0, 0.1) is 11.6 Å². The number of aromatic nitrogens is 2. The molecule has 25 heavy (non-hydrogen) atoms. The van der Waals surface area contributed by atoms with E-state index in [2.05, 4.69) is 15.3 Å². The summed E-state index contributed by atoms with van der Waals surface area (Å²) in [7, 11) is 0. The summed E-state index contributed by atoms with van der Waals surface area (Å²) in [5, 5.41) is 30.3. The number of primary amides is 1. The number of thioether (sulfide) groups is 1. The van der Waals surface area contributed by atoms with Gasteiger partial charge in [0.15, 0.2) is 16.8 Å². The number of nitrogens with one attached hydrogen (secondary N) is 1. The number of nitrogens with two attached hydrogens (primary N) is 1. The van der Waals surface area contributed by atoms with Gasteiger partial charge < -0.3 is 26.4 Å². The molecule has 6 N–H and O–H groups in total. The minimum Gasteiger partial charge on any atom is -0.493 e. The summed E-state index contributed by atoms with van der Waals surface area (Å²) in [5.74, 6) is -4.18. The molecule has 11 heteroatoms. The molecule has 1 aromatic heterocycles. The number of hydrogen-bond acceptors (Lipinski definition) is 8. The molecule has 1 atom stereocenters. The van der Waals surface area contributed by atoms with E-state index in [0.717, 1.165) is 17.8 Å². The summed E-state index contributed by atoms with van der Waals surface area (Å²) in [6.45, 7) is -0.694. The number of carbonyl (C=O) groups is 1. The van der Waals surface area contributed by atoms with Gasteiger partial charge in [-0.3, -0.25) is 4.79 Å². The number of aliphatic hydroxyl groups is 2. The smallest absolute Gasteiger partial charge is 0.257 e. The highest BCUT2D eigenvalue weighted by Crippen LogP contribution is 2.28. The van der Waals surface area contributed by atoms with E-state index < -0.39 is 41.8 Å². The van der Waals surface area contributed by atoms with Crippen LogP contribution in [0.15, 0.2) is 23.4 Å². The molecular weight excluding hydrogens is 358 g/mol. The Morgan fingerprint density at radius 1 is 1.36 bits per heavy atom. The number of hydrogen-bond donors (Lipinski definition) is 5. The second-order valence-corrected chi connectivity index (χ2v) is 5.70. The minimum absolute atomic E-state index is 0.0527. The fraction of sp³-hybridized carbons (Fsp3) is 0.214. The Hall–Kier alpha value is -2.50. The van der Waals surface area contributed by atoms with E-state index in [4.69, 9.17) is 10.8 Å². The Kier molecular flexibility index (Phi) is 6.07. The van der Waals surface area contributed by atoms with Crippen LogP contribution in [-0.4, -0.2) is 44.0 Å². The molecule has 1 amide bonds. The van der Waals surface area contributed by atoms with Crippen molar-refractivity contribution in [1.82, 2.24) is 9.97 Å². The zero-order valence-electron chi connectivity index (χ0n) is 12.6. The normalized spacial score (nSPS) is 12.0. The van der Waals surface area contributed by atoms with Crippen molar-refractivity contribution in [3.8, 4) is 5.88 Å². The summed E-state index contributed by atoms with van der Waals surface area (Å²) in [6, 6.07) is 3.69. The molecule has 0 aliphatic heterocycles. The lowest BCUT2D eigenvalue weighted by Gasteiger charge is -2.14. The fourth-order valence-electron chi connectivity index (χ4n) is 1.83. The molecule has 1 aromatic carbocycles. The van der Waals surface area contributed by atoms with E-state index in [1.54, 1.807) is 0 Å². The van der Waals surface area contributed by atoms with Gasteiger partial charge in [-0.15, -0.1) is 0 Å². The summed E-state index contributed by atoms with van der Waals surface area (Å²) in [4.78, 5) is 18.9. The van der Waals surface area contributed by atoms with Crippen molar-refractivity contribution < 1.29 is 28.9 Å². The molecular formula is C14H14F2N4O4S. The molecule has 0 unspecified atom stereocenters. The third-order valence-electron chi connectivity index (χ3n) is 2.98. The van der Waals surface area contributed by atoms with Crippen molar-refractivity contribution in [3.05, 3.63) is 41.0 Å². The molecule has 0 fully saturated rings. The number of aromatic hydroxyl groups is 1. The molecule has 2 rings (SSSR count). The third-order valence-corrected chi connectivity index (χ3v) is 3.88. The van der Waals surface area contributed by atoms with Gasteiger partial charge in [0.05, 0.1) is 6.61 Å². The number of amides is 1. The first kappa shape index (κ1) is 18.8. The number of benzene rings is 1. The van der Waals surface area contributed by atoms with Crippen LogP contribution < -0.4 is 11.1 Å². The topological polar surface area (TPSA) is 142 Å². The first-order valence-electron chi connectivity index (χ1n) is 6.85. The third kappa shape index (κ3) is 4.53. The van der Waals surface area contributed by atoms with Gasteiger partial charge in [-0.1, -0.05) is 23.9 Å². The highest BCUT2D eigenvalue weighted by molar-refractivity contribution is 7.98. The Morgan fingerprint density at radius 3 is 2.72 bits per heavy atom. The number of aliphatic hydroxyl groups excluding tert-OH is 2. The van der Waals surface area contributed by atoms with E-state index in [1.807, 2.05) is 0 Å². The molecule has 0 saturated carbocycles. The van der Waals surface area contributed by atoms with Crippen LogP contribution in [0.1, 0.15) is 15.9 Å². The molecule has 0 bridgehead atoms. The summed E-state index contributed by atoms with van der Waals surface area (Å²) < 4.78 is 26.8. The molecule has 0 aliphatic carbocycles. The highest BCUT2D eigenvalue weighted by atomic mass is 32.2. The van der Waals surface area contributed by atoms with Crippen molar-refractivity contribution >= 4 is 23.5 Å². The van der Waals surface area contributed by atoms with Gasteiger partial charge in [0.25, 0.3) is 5.91 Å². The van der Waals surface area contributed by atoms with Crippen LogP contribution in [0.4, 0.5) is 14.6 Å². The van der Waals surface area contributed by atoms with Crippen molar-refractivity contribution in [3.63, 3.8) is 0 Å². The molecule has 2 aromatic rings. The average Bonchev–Trinajstić information content (AvgIpc) is 2.55. The fourth-order valence-corrected chi connectivity index (χ4v) is 2.64. The second-order valence-electron chi connectivity index (χ2n) is 4.76. The van der Waals surface area contributed by atoms with Crippen LogP contribution in [0.5, 0.6) is 5.88 Å². The van der Waals surface area contributed by atoms with Crippen LogP contribution in [0.2, 0.25) is 0 Å². The predicted molar refractivity (Wildman–Crippen MR) is 84.8 cm³/mol. The van der Waals surface area contributed by atoms with Crippen LogP contribution in [0.3, 0.4) is 0 Å². The molecule has 0 spiro atoms. The van der Waals surface area contributed by atoms with E-state index in [1.165, 1.54) is 12.1 Å². The molecule has 134 valence electrons. The first-order chi connectivity index (χ1) is 11.8. The maximum atomic E-state index is 13.6. The van der Waals surface area contributed by atoms with E-state index in [9.17, 15) is 23.8 Å². The van der Waals surface area contributed by atoms with Crippen molar-refractivity contribution in [2.45, 2.75) is 17.1 Å². The standard InChI is InChI=1S/C14H14F2N4O4S/c15-7-3-1-2-6(10(7)16)5-25-14-19-12(18-8(22)4-21)9(11(17)23)13(24)20-14/h1-3,8,21-22H,4-5H2,(H2,17,23)(H2,18,19,20,24)/t8-/m1/s1. The number of anilines is 1. The predicted octanol–water partition coefficient (Wildman–Crippen LogP) is 0.574. The van der Waals surface area contributed by atoms with Gasteiger partial charge in [-0.05, 0) is 6.07 Å². The lowest BCUT2D eigenvalue weighted by molar-refractivity contribution is 0.0994. The monoisotopic (exact) mass is 372 g/mol. The number of carbonyl (C=O) groups excluding carboxylic acids is 1. The van der Waals surface area contributed by atoms with Gasteiger partial charge in [-0.25, -0.2) is 13.8 Å². The second kappa shape index (κ2) is 8.05. The van der Waals surface area contributed by atoms with E-state index in [0.29, 0.717) is 0 Å². The molecule has 0 radical (unpaired) electrons. The molecule has 0 saturated heterocycles. The Bertz CT molecular complexity index is 794. The Morgan fingerprint density at radius 2 is 2.08 bits per heavy atom. The Balaban J connectivity index is 2.29. The quantitative estimate of drug-likeness (QED) is 0.270. The number of rotatable bonds is 7. The zero-order valence-corrected chi connectivity index (χ0v) is 13.4. The van der Waals surface area contributed by atoms with E-state index in [-0.39, 0.29) is 22.3 Å². The average molecular weight is 372 g/mol. The molecule has 8 nitrogen and oxygen atoms in total. The van der Waals surface area contributed by atoms with Crippen molar-refractivity contribution in [2.75, 3.05) is 11.9 Å². The highest BCUT2D eigenvalue weighted by Gasteiger charge is 2.21. The summed E-state index contributed by atoms with van der Waals surface area (Å²) in [6.07, 6.45) is -1.47. The van der Waals surface area contributed by atoms with Crippen LogP contribution in [0.25, 0.3) is 0 Å². The van der Waals surface area contributed by atoms with Gasteiger partial charge in [-0.2, -0.15) is 4.98 Å². The summed E-state index contributed by atoms with van der Waals surface area (Å²) >= 11 is 0.855. The lowest BCUT2D eigenvalue weighted by Crippen LogP contribution is -2.26. The van der Waals surface area contributed by atoms with Crippen LogP contribution >= 0.6 is 11.8 Å². The maximum absolute atomic E-state index is 13.6. The van der Waals surface area contributed by atoms with Gasteiger partial charge in [0, 0.05) is 11.3 Å². The molecule has 1 heterocycles. The lowest BCUT2D eigenvalue weighted by atomic mass is 10.2. The van der Waals surface area contributed by atoms with Gasteiger partial charge >= 0.3 is 0 Å². The van der Waals surface area contributed by atoms with Crippen molar-refractivity contribution in [1.29, 1.82) is 0 Å². The van der Waals surface area contributed by atoms with Gasteiger partial charge in [0.1, 0.15) is 17.6 Å². The maximum Gasteiger partial charge on any atom is 0.257 e. The number of halogens is 2. The first-order valence-corrected chi connectivity index (χ1v) is 7.84. The molecule has 0 aliphatic rings.